The second-order valence-electron chi connectivity index (χ2n) is 5.53. The van der Waals surface area contributed by atoms with Gasteiger partial charge in [0.05, 0.1) is 29.7 Å². The highest BCUT2D eigenvalue weighted by atomic mass is 79.9. The molecule has 0 aliphatic heterocycles. The van der Waals surface area contributed by atoms with E-state index >= 15 is 0 Å². The quantitative estimate of drug-likeness (QED) is 0.717. The number of hydrogen-bond donors (Lipinski definition) is 1. The summed E-state index contributed by atoms with van der Waals surface area (Å²) < 4.78 is 4.45. The highest BCUT2D eigenvalue weighted by Gasteiger charge is 2.14. The third kappa shape index (κ3) is 3.41. The van der Waals surface area contributed by atoms with Gasteiger partial charge in [0, 0.05) is 16.7 Å². The standard InChI is InChI=1S/C17H18BrN5O/c1-3-12(2)23-16(7-8-19-23)21-17(24)13-10-20-22(11-13)15-6-4-5-14(18)9-15/h4-12H,3H2,1-2H3,(H,21,24)/t12-/m0/s1. The number of rotatable bonds is 5. The van der Waals surface area contributed by atoms with Gasteiger partial charge in [-0.3, -0.25) is 4.79 Å². The molecule has 0 radical (unpaired) electrons. The second-order valence-corrected chi connectivity index (χ2v) is 6.44. The molecule has 124 valence electrons. The molecule has 0 aliphatic rings. The van der Waals surface area contributed by atoms with Crippen molar-refractivity contribution >= 4 is 27.7 Å². The number of carbonyl (C=O) groups is 1. The van der Waals surface area contributed by atoms with E-state index in [1.165, 1.54) is 0 Å². The van der Waals surface area contributed by atoms with E-state index in [0.29, 0.717) is 11.4 Å². The molecule has 0 bridgehead atoms. The number of nitrogens with zero attached hydrogens (tertiary/aromatic N) is 4. The van der Waals surface area contributed by atoms with Crippen molar-refractivity contribution in [2.45, 2.75) is 26.3 Å². The molecule has 2 aromatic heterocycles. The molecule has 24 heavy (non-hydrogen) atoms. The Hall–Kier alpha value is -2.41. The van der Waals surface area contributed by atoms with Gasteiger partial charge in [-0.15, -0.1) is 0 Å². The minimum atomic E-state index is -0.207. The summed E-state index contributed by atoms with van der Waals surface area (Å²) >= 11 is 3.43. The average molecular weight is 388 g/mol. The first kappa shape index (κ1) is 16.4. The van der Waals surface area contributed by atoms with Crippen molar-refractivity contribution in [3.05, 3.63) is 59.0 Å². The number of hydrogen-bond acceptors (Lipinski definition) is 3. The van der Waals surface area contributed by atoms with Crippen LogP contribution in [0.15, 0.2) is 53.4 Å². The van der Waals surface area contributed by atoms with Crippen molar-refractivity contribution in [3.63, 3.8) is 0 Å². The van der Waals surface area contributed by atoms with Crippen molar-refractivity contribution in [1.29, 1.82) is 0 Å². The third-order valence-electron chi connectivity index (χ3n) is 3.84. The summed E-state index contributed by atoms with van der Waals surface area (Å²) in [6, 6.07) is 9.74. The van der Waals surface area contributed by atoms with Crippen molar-refractivity contribution in [1.82, 2.24) is 19.6 Å². The van der Waals surface area contributed by atoms with Crippen LogP contribution in [0.5, 0.6) is 0 Å². The van der Waals surface area contributed by atoms with E-state index in [0.717, 1.165) is 16.6 Å². The lowest BCUT2D eigenvalue weighted by atomic mass is 10.2. The number of nitrogens with one attached hydrogen (secondary N) is 1. The van der Waals surface area contributed by atoms with E-state index in [9.17, 15) is 4.79 Å². The fourth-order valence-electron chi connectivity index (χ4n) is 2.33. The van der Waals surface area contributed by atoms with Gasteiger partial charge < -0.3 is 5.32 Å². The smallest absolute Gasteiger partial charge is 0.260 e. The first-order valence-corrected chi connectivity index (χ1v) is 8.53. The van der Waals surface area contributed by atoms with E-state index in [2.05, 4.69) is 45.3 Å². The van der Waals surface area contributed by atoms with Crippen molar-refractivity contribution < 1.29 is 4.79 Å². The Bertz CT molecular complexity index is 854. The van der Waals surface area contributed by atoms with Gasteiger partial charge in [-0.1, -0.05) is 28.9 Å². The van der Waals surface area contributed by atoms with E-state index in [1.807, 2.05) is 28.9 Å². The van der Waals surface area contributed by atoms with Gasteiger partial charge in [-0.2, -0.15) is 10.2 Å². The molecule has 0 fully saturated rings. The van der Waals surface area contributed by atoms with Gasteiger partial charge >= 0.3 is 0 Å². The molecule has 0 aliphatic carbocycles. The molecule has 1 amide bonds. The van der Waals surface area contributed by atoms with Gasteiger partial charge in [0.25, 0.3) is 5.91 Å². The molecule has 1 atom stereocenters. The topological polar surface area (TPSA) is 64.7 Å². The van der Waals surface area contributed by atoms with E-state index in [-0.39, 0.29) is 11.9 Å². The zero-order valence-corrected chi connectivity index (χ0v) is 15.1. The molecule has 2 heterocycles. The summed E-state index contributed by atoms with van der Waals surface area (Å²) in [7, 11) is 0. The van der Waals surface area contributed by atoms with Gasteiger partial charge in [-0.05, 0) is 31.5 Å². The predicted molar refractivity (Wildman–Crippen MR) is 96.4 cm³/mol. The Morgan fingerprint density at radius 2 is 2.17 bits per heavy atom. The Balaban J connectivity index is 1.78. The molecule has 1 aromatic carbocycles. The second kappa shape index (κ2) is 7.00. The molecule has 7 heteroatoms. The lowest BCUT2D eigenvalue weighted by Gasteiger charge is -2.13. The first-order valence-electron chi connectivity index (χ1n) is 7.74. The van der Waals surface area contributed by atoms with Crippen LogP contribution in [0.2, 0.25) is 0 Å². The molecule has 3 aromatic rings. The molecule has 1 N–H and O–H groups in total. The summed E-state index contributed by atoms with van der Waals surface area (Å²) in [6.07, 6.45) is 5.89. The van der Waals surface area contributed by atoms with Crippen LogP contribution >= 0.6 is 15.9 Å². The fourth-order valence-corrected chi connectivity index (χ4v) is 2.71. The maximum absolute atomic E-state index is 12.5. The highest BCUT2D eigenvalue weighted by molar-refractivity contribution is 9.10. The van der Waals surface area contributed by atoms with E-state index in [4.69, 9.17) is 0 Å². The molecule has 0 saturated heterocycles. The maximum atomic E-state index is 12.5. The molecule has 6 nitrogen and oxygen atoms in total. The van der Waals surface area contributed by atoms with Crippen LogP contribution in [0.4, 0.5) is 5.82 Å². The maximum Gasteiger partial charge on any atom is 0.260 e. The number of amides is 1. The highest BCUT2D eigenvalue weighted by Crippen LogP contribution is 2.18. The molecular formula is C17H18BrN5O. The van der Waals surface area contributed by atoms with Gasteiger partial charge in [0.15, 0.2) is 0 Å². The summed E-state index contributed by atoms with van der Waals surface area (Å²) in [6.45, 7) is 4.15. The summed E-state index contributed by atoms with van der Waals surface area (Å²) in [5.41, 5.74) is 1.37. The molecular weight excluding hydrogens is 370 g/mol. The van der Waals surface area contributed by atoms with Gasteiger partial charge in [-0.25, -0.2) is 9.36 Å². The molecule has 0 unspecified atom stereocenters. The molecule has 0 saturated carbocycles. The van der Waals surface area contributed by atoms with Crippen LogP contribution in [0, 0.1) is 0 Å². The number of anilines is 1. The van der Waals surface area contributed by atoms with Crippen molar-refractivity contribution in [3.8, 4) is 5.69 Å². The summed E-state index contributed by atoms with van der Waals surface area (Å²) in [5, 5.41) is 11.4. The number of carbonyl (C=O) groups excluding carboxylic acids is 1. The minimum absolute atomic E-state index is 0.207. The van der Waals surface area contributed by atoms with Gasteiger partial charge in [0.1, 0.15) is 5.82 Å². The monoisotopic (exact) mass is 387 g/mol. The Labute approximate surface area is 148 Å². The molecule has 3 rings (SSSR count). The van der Waals surface area contributed by atoms with Crippen molar-refractivity contribution in [2.75, 3.05) is 5.32 Å². The number of benzene rings is 1. The van der Waals surface area contributed by atoms with Crippen LogP contribution in [0.1, 0.15) is 36.7 Å². The SMILES string of the molecule is CC[C@H](C)n1nccc1NC(=O)c1cnn(-c2cccc(Br)c2)c1. The first-order chi connectivity index (χ1) is 11.6. The van der Waals surface area contributed by atoms with Crippen molar-refractivity contribution in [2.24, 2.45) is 0 Å². The van der Waals surface area contributed by atoms with Gasteiger partial charge in [0.2, 0.25) is 0 Å². The zero-order chi connectivity index (χ0) is 17.1. The summed E-state index contributed by atoms with van der Waals surface area (Å²) in [4.78, 5) is 12.5. The molecule has 0 spiro atoms. The normalized spacial score (nSPS) is 12.1. The minimum Gasteiger partial charge on any atom is -0.307 e. The Morgan fingerprint density at radius 3 is 2.92 bits per heavy atom. The zero-order valence-electron chi connectivity index (χ0n) is 13.5. The number of halogens is 1. The number of aromatic nitrogens is 4. The lowest BCUT2D eigenvalue weighted by Crippen LogP contribution is -2.17. The lowest BCUT2D eigenvalue weighted by molar-refractivity contribution is 0.102. The van der Waals surface area contributed by atoms with E-state index in [1.54, 1.807) is 29.3 Å². The van der Waals surface area contributed by atoms with Crippen LogP contribution in [-0.2, 0) is 0 Å². The Morgan fingerprint density at radius 1 is 1.33 bits per heavy atom. The fraction of sp³-hybridized carbons (Fsp3) is 0.235. The largest absolute Gasteiger partial charge is 0.307 e. The predicted octanol–water partition coefficient (Wildman–Crippen LogP) is 4.05. The van der Waals surface area contributed by atoms with Crippen LogP contribution in [0.25, 0.3) is 5.69 Å². The average Bonchev–Trinajstić information content (AvgIpc) is 3.23. The van der Waals surface area contributed by atoms with Crippen LogP contribution in [0.3, 0.4) is 0 Å². The van der Waals surface area contributed by atoms with E-state index < -0.39 is 0 Å². The Kier molecular flexibility index (Phi) is 4.80. The van der Waals surface area contributed by atoms with Crippen LogP contribution in [-0.4, -0.2) is 25.5 Å². The van der Waals surface area contributed by atoms with Crippen LogP contribution < -0.4 is 5.32 Å². The third-order valence-corrected chi connectivity index (χ3v) is 4.33. The summed E-state index contributed by atoms with van der Waals surface area (Å²) in [5.74, 6) is 0.478.